The normalized spacial score (nSPS) is 14.6. The summed E-state index contributed by atoms with van der Waals surface area (Å²) in [7, 11) is 0. The molecule has 0 radical (unpaired) electrons. The fraction of sp³-hybridized carbons (Fsp3) is 0.294. The summed E-state index contributed by atoms with van der Waals surface area (Å²) in [6.45, 7) is 5.15. The molecular formula is C17H18IN3O2. The van der Waals surface area contributed by atoms with E-state index in [-0.39, 0.29) is 5.91 Å². The van der Waals surface area contributed by atoms with Gasteiger partial charge in [-0.2, -0.15) is 0 Å². The average Bonchev–Trinajstić information content (AvgIpc) is 2.59. The van der Waals surface area contributed by atoms with E-state index in [9.17, 15) is 4.79 Å². The molecule has 0 saturated carbocycles. The Balaban J connectivity index is 1.70. The van der Waals surface area contributed by atoms with Gasteiger partial charge in [-0.25, -0.2) is 4.98 Å². The summed E-state index contributed by atoms with van der Waals surface area (Å²) >= 11 is 2.20. The lowest BCUT2D eigenvalue weighted by Gasteiger charge is -2.27. The molecule has 0 aliphatic carbocycles. The van der Waals surface area contributed by atoms with Crippen LogP contribution >= 0.6 is 22.6 Å². The van der Waals surface area contributed by atoms with Gasteiger partial charge in [0.2, 0.25) is 0 Å². The zero-order valence-corrected chi connectivity index (χ0v) is 15.0. The summed E-state index contributed by atoms with van der Waals surface area (Å²) in [5.74, 6) is 0.801. The second-order valence-electron chi connectivity index (χ2n) is 5.40. The molecule has 23 heavy (non-hydrogen) atoms. The third kappa shape index (κ3) is 3.81. The van der Waals surface area contributed by atoms with Gasteiger partial charge in [0.05, 0.1) is 30.7 Å². The van der Waals surface area contributed by atoms with Crippen molar-refractivity contribution in [3.63, 3.8) is 0 Å². The standard InChI is InChI=1S/C17H18IN3O2/c1-12-3-2-4-14(16(12)18)17(22)20-13-5-6-15(19-11-13)21-7-9-23-10-8-21/h2-6,11H,7-10H2,1H3,(H,20,22). The van der Waals surface area contributed by atoms with Crippen LogP contribution in [0.5, 0.6) is 0 Å². The molecule has 1 saturated heterocycles. The largest absolute Gasteiger partial charge is 0.378 e. The van der Waals surface area contributed by atoms with Crippen LogP contribution in [-0.4, -0.2) is 37.2 Å². The number of hydrogen-bond acceptors (Lipinski definition) is 4. The number of aryl methyl sites for hydroxylation is 1. The lowest BCUT2D eigenvalue weighted by Crippen LogP contribution is -2.36. The van der Waals surface area contributed by atoms with Crippen molar-refractivity contribution in [2.45, 2.75) is 6.92 Å². The summed E-state index contributed by atoms with van der Waals surface area (Å²) in [4.78, 5) is 19.0. The van der Waals surface area contributed by atoms with Crippen LogP contribution in [0.1, 0.15) is 15.9 Å². The molecule has 1 aliphatic rings. The van der Waals surface area contributed by atoms with Crippen molar-refractivity contribution in [3.8, 4) is 0 Å². The van der Waals surface area contributed by atoms with Crippen molar-refractivity contribution in [2.24, 2.45) is 0 Å². The van der Waals surface area contributed by atoms with Gasteiger partial charge in [0.15, 0.2) is 0 Å². The van der Waals surface area contributed by atoms with E-state index in [1.165, 1.54) is 0 Å². The molecule has 0 bridgehead atoms. The van der Waals surface area contributed by atoms with Crippen LogP contribution in [0.25, 0.3) is 0 Å². The minimum absolute atomic E-state index is 0.112. The number of amides is 1. The number of carbonyl (C=O) groups is 1. The summed E-state index contributed by atoms with van der Waals surface area (Å²) < 4.78 is 6.31. The van der Waals surface area contributed by atoms with Crippen molar-refractivity contribution in [1.82, 2.24) is 4.98 Å². The van der Waals surface area contributed by atoms with Gasteiger partial charge in [0.1, 0.15) is 5.82 Å². The van der Waals surface area contributed by atoms with Crippen LogP contribution in [0, 0.1) is 10.5 Å². The minimum Gasteiger partial charge on any atom is -0.378 e. The maximum Gasteiger partial charge on any atom is 0.256 e. The van der Waals surface area contributed by atoms with Gasteiger partial charge in [-0.1, -0.05) is 12.1 Å². The first kappa shape index (κ1) is 16.2. The molecule has 0 spiro atoms. The lowest BCUT2D eigenvalue weighted by atomic mass is 10.1. The second kappa shape index (κ2) is 7.27. The Morgan fingerprint density at radius 3 is 2.74 bits per heavy atom. The van der Waals surface area contributed by atoms with Crippen LogP contribution in [0.3, 0.4) is 0 Å². The van der Waals surface area contributed by atoms with Gasteiger partial charge in [-0.3, -0.25) is 4.79 Å². The van der Waals surface area contributed by atoms with Gasteiger partial charge in [0.25, 0.3) is 5.91 Å². The number of nitrogens with zero attached hydrogens (tertiary/aromatic N) is 2. The van der Waals surface area contributed by atoms with E-state index in [2.05, 4.69) is 37.8 Å². The van der Waals surface area contributed by atoms with Crippen molar-refractivity contribution < 1.29 is 9.53 Å². The highest BCUT2D eigenvalue weighted by Crippen LogP contribution is 2.19. The Hall–Kier alpha value is -1.67. The second-order valence-corrected chi connectivity index (χ2v) is 6.47. The number of aromatic nitrogens is 1. The summed E-state index contributed by atoms with van der Waals surface area (Å²) in [6, 6.07) is 9.55. The van der Waals surface area contributed by atoms with E-state index in [1.807, 2.05) is 37.3 Å². The number of hydrogen-bond donors (Lipinski definition) is 1. The Bertz CT molecular complexity index is 697. The van der Waals surface area contributed by atoms with Crippen LogP contribution in [0.4, 0.5) is 11.5 Å². The quantitative estimate of drug-likeness (QED) is 0.772. The van der Waals surface area contributed by atoms with Crippen LogP contribution in [0.2, 0.25) is 0 Å². The molecule has 0 unspecified atom stereocenters. The lowest BCUT2D eigenvalue weighted by molar-refractivity contribution is 0.102. The van der Waals surface area contributed by atoms with E-state index >= 15 is 0 Å². The van der Waals surface area contributed by atoms with E-state index in [1.54, 1.807) is 6.20 Å². The molecule has 1 fully saturated rings. The molecule has 2 heterocycles. The molecule has 0 atom stereocenters. The molecule has 2 aromatic rings. The molecule has 5 nitrogen and oxygen atoms in total. The maximum absolute atomic E-state index is 12.4. The van der Waals surface area contributed by atoms with Crippen LogP contribution in [0.15, 0.2) is 36.5 Å². The number of pyridine rings is 1. The monoisotopic (exact) mass is 423 g/mol. The molecule has 1 amide bonds. The molecule has 1 aromatic carbocycles. The summed E-state index contributed by atoms with van der Waals surface area (Å²) in [5.41, 5.74) is 2.48. The maximum atomic E-state index is 12.4. The first-order valence-corrected chi connectivity index (χ1v) is 8.58. The zero-order valence-electron chi connectivity index (χ0n) is 12.9. The molecular weight excluding hydrogens is 405 g/mol. The summed E-state index contributed by atoms with van der Waals surface area (Å²) in [6.07, 6.45) is 1.70. The van der Waals surface area contributed by atoms with Crippen molar-refractivity contribution >= 4 is 40.0 Å². The Kier molecular flexibility index (Phi) is 5.12. The topological polar surface area (TPSA) is 54.5 Å². The van der Waals surface area contributed by atoms with Crippen molar-refractivity contribution in [3.05, 3.63) is 51.2 Å². The predicted octanol–water partition coefficient (Wildman–Crippen LogP) is 3.08. The third-order valence-electron chi connectivity index (χ3n) is 3.78. The number of ether oxygens (including phenoxy) is 1. The van der Waals surface area contributed by atoms with E-state index in [0.29, 0.717) is 11.3 Å². The number of rotatable bonds is 3. The summed E-state index contributed by atoms with van der Waals surface area (Å²) in [5, 5.41) is 2.91. The predicted molar refractivity (Wildman–Crippen MR) is 99.1 cm³/mol. The Labute approximate surface area is 149 Å². The first-order chi connectivity index (χ1) is 11.1. The molecule has 3 rings (SSSR count). The fourth-order valence-corrected chi connectivity index (χ4v) is 3.07. The van der Waals surface area contributed by atoms with Gasteiger partial charge in [-0.05, 0) is 53.3 Å². The number of halogens is 1. The number of nitrogens with one attached hydrogen (secondary N) is 1. The Morgan fingerprint density at radius 1 is 1.26 bits per heavy atom. The Morgan fingerprint density at radius 2 is 2.04 bits per heavy atom. The van der Waals surface area contributed by atoms with Crippen LogP contribution in [-0.2, 0) is 4.74 Å². The van der Waals surface area contributed by atoms with Gasteiger partial charge in [0, 0.05) is 16.7 Å². The van der Waals surface area contributed by atoms with Gasteiger partial charge in [-0.15, -0.1) is 0 Å². The van der Waals surface area contributed by atoms with Crippen molar-refractivity contribution in [2.75, 3.05) is 36.5 Å². The third-order valence-corrected chi connectivity index (χ3v) is 5.21. The minimum atomic E-state index is -0.112. The smallest absolute Gasteiger partial charge is 0.256 e. The zero-order chi connectivity index (χ0) is 16.2. The fourth-order valence-electron chi connectivity index (χ4n) is 2.46. The first-order valence-electron chi connectivity index (χ1n) is 7.50. The van der Waals surface area contributed by atoms with Gasteiger partial charge < -0.3 is 15.0 Å². The highest BCUT2D eigenvalue weighted by atomic mass is 127. The SMILES string of the molecule is Cc1cccc(C(=O)Nc2ccc(N3CCOCC3)nc2)c1I. The molecule has 1 aliphatic heterocycles. The molecule has 1 aromatic heterocycles. The molecule has 120 valence electrons. The van der Waals surface area contributed by atoms with Crippen LogP contribution < -0.4 is 10.2 Å². The molecule has 6 heteroatoms. The number of carbonyl (C=O) groups excluding carboxylic acids is 1. The number of morpholine rings is 1. The average molecular weight is 423 g/mol. The van der Waals surface area contributed by atoms with Gasteiger partial charge >= 0.3 is 0 Å². The molecule has 1 N–H and O–H groups in total. The number of benzene rings is 1. The highest BCUT2D eigenvalue weighted by molar-refractivity contribution is 14.1. The van der Waals surface area contributed by atoms with E-state index in [4.69, 9.17) is 4.74 Å². The number of anilines is 2. The highest BCUT2D eigenvalue weighted by Gasteiger charge is 2.14. The van der Waals surface area contributed by atoms with E-state index < -0.39 is 0 Å². The van der Waals surface area contributed by atoms with E-state index in [0.717, 1.165) is 41.3 Å². The van der Waals surface area contributed by atoms with Crippen molar-refractivity contribution in [1.29, 1.82) is 0 Å².